The van der Waals surface area contributed by atoms with Gasteiger partial charge in [0.2, 0.25) is 0 Å². The number of pyridine rings is 1. The summed E-state index contributed by atoms with van der Waals surface area (Å²) in [5.41, 5.74) is 9.40. The third kappa shape index (κ3) is 4.60. The zero-order valence-corrected chi connectivity index (χ0v) is 24.6. The molecule has 0 radical (unpaired) electrons. The van der Waals surface area contributed by atoms with Gasteiger partial charge in [-0.1, -0.05) is 103 Å². The van der Waals surface area contributed by atoms with Crippen LogP contribution >= 0.6 is 0 Å². The lowest BCUT2D eigenvalue weighted by Crippen LogP contribution is -2.00. The predicted molar refractivity (Wildman–Crippen MR) is 183 cm³/mol. The van der Waals surface area contributed by atoms with Crippen LogP contribution in [0.1, 0.15) is 0 Å². The van der Waals surface area contributed by atoms with Crippen molar-refractivity contribution in [2.24, 2.45) is 0 Å². The smallest absolute Gasteiger partial charge is 0.164 e. The standard InChI is InChI=1S/C40H25N5O/c1-3-9-26(10-4-1)27-14-16-29(17-15-27)39-42-38(28-11-5-2-6-12-28)43-40(44-39)31-19-21-33-32-20-18-30(23-35(32)46-36(33)24-31)34-25-45-22-8-7-13-37(45)41-34/h1-25H. The molecule has 46 heavy (non-hydrogen) atoms. The maximum Gasteiger partial charge on any atom is 0.164 e. The van der Waals surface area contributed by atoms with Gasteiger partial charge in [-0.2, -0.15) is 0 Å². The topological polar surface area (TPSA) is 69.1 Å². The molecule has 9 aromatic rings. The second kappa shape index (κ2) is 10.6. The molecular formula is C40H25N5O. The van der Waals surface area contributed by atoms with Gasteiger partial charge in [-0.15, -0.1) is 0 Å². The average Bonchev–Trinajstić information content (AvgIpc) is 3.73. The van der Waals surface area contributed by atoms with Crippen molar-refractivity contribution in [3.05, 3.63) is 152 Å². The lowest BCUT2D eigenvalue weighted by Gasteiger charge is -2.09. The van der Waals surface area contributed by atoms with E-state index in [1.807, 2.05) is 89.6 Å². The normalized spacial score (nSPS) is 11.5. The zero-order chi connectivity index (χ0) is 30.5. The number of fused-ring (bicyclic) bond motifs is 4. The van der Waals surface area contributed by atoms with E-state index in [0.29, 0.717) is 17.5 Å². The first-order valence-electron chi connectivity index (χ1n) is 15.1. The molecule has 0 amide bonds. The lowest BCUT2D eigenvalue weighted by atomic mass is 10.0. The highest BCUT2D eigenvalue weighted by molar-refractivity contribution is 6.06. The zero-order valence-electron chi connectivity index (χ0n) is 24.6. The lowest BCUT2D eigenvalue weighted by molar-refractivity contribution is 0.669. The molecule has 5 aromatic carbocycles. The van der Waals surface area contributed by atoms with E-state index in [4.69, 9.17) is 24.4 Å². The minimum atomic E-state index is 0.587. The van der Waals surface area contributed by atoms with Crippen LogP contribution in [0.4, 0.5) is 0 Å². The number of furan rings is 1. The molecule has 0 spiro atoms. The van der Waals surface area contributed by atoms with Crippen LogP contribution in [0.15, 0.2) is 156 Å². The molecule has 0 aliphatic rings. The molecule has 4 aromatic heterocycles. The number of nitrogens with zero attached hydrogens (tertiary/aromatic N) is 5. The minimum Gasteiger partial charge on any atom is -0.456 e. The Hall–Kier alpha value is -6.40. The Labute approximate surface area is 264 Å². The van der Waals surface area contributed by atoms with Gasteiger partial charge in [-0.3, -0.25) is 0 Å². The van der Waals surface area contributed by atoms with Crippen LogP contribution in [0.2, 0.25) is 0 Å². The van der Waals surface area contributed by atoms with Gasteiger partial charge in [-0.25, -0.2) is 19.9 Å². The molecule has 6 heteroatoms. The van der Waals surface area contributed by atoms with Crippen LogP contribution in [0.3, 0.4) is 0 Å². The van der Waals surface area contributed by atoms with Gasteiger partial charge in [0.25, 0.3) is 0 Å². The molecule has 6 nitrogen and oxygen atoms in total. The van der Waals surface area contributed by atoms with Gasteiger partial charge < -0.3 is 8.82 Å². The quantitative estimate of drug-likeness (QED) is 0.199. The van der Waals surface area contributed by atoms with Crippen molar-refractivity contribution in [3.63, 3.8) is 0 Å². The average molecular weight is 592 g/mol. The Morgan fingerprint density at radius 3 is 1.59 bits per heavy atom. The summed E-state index contributed by atoms with van der Waals surface area (Å²) in [6, 6.07) is 47.1. The molecule has 0 saturated heterocycles. The molecular weight excluding hydrogens is 566 g/mol. The maximum atomic E-state index is 6.43. The third-order valence-electron chi connectivity index (χ3n) is 8.31. The van der Waals surface area contributed by atoms with E-state index in [1.165, 1.54) is 5.56 Å². The summed E-state index contributed by atoms with van der Waals surface area (Å²) >= 11 is 0. The Morgan fingerprint density at radius 2 is 0.913 bits per heavy atom. The maximum absolute atomic E-state index is 6.43. The summed E-state index contributed by atoms with van der Waals surface area (Å²) in [4.78, 5) is 19.6. The van der Waals surface area contributed by atoms with E-state index < -0.39 is 0 Å². The SMILES string of the molecule is c1ccc(-c2ccc(-c3nc(-c4ccccc4)nc(-c4ccc5c(c4)oc4cc(-c6cn7ccccc7n6)ccc45)n3)cc2)cc1. The third-order valence-corrected chi connectivity index (χ3v) is 8.31. The van der Waals surface area contributed by atoms with Crippen molar-refractivity contribution in [2.75, 3.05) is 0 Å². The Morgan fingerprint density at radius 1 is 0.413 bits per heavy atom. The highest BCUT2D eigenvalue weighted by Crippen LogP contribution is 2.35. The molecule has 0 unspecified atom stereocenters. The molecule has 4 heterocycles. The first kappa shape index (κ1) is 26.0. The van der Waals surface area contributed by atoms with Crippen LogP contribution in [-0.4, -0.2) is 24.3 Å². The van der Waals surface area contributed by atoms with E-state index in [1.54, 1.807) is 0 Å². The number of imidazole rings is 1. The number of benzene rings is 5. The van der Waals surface area contributed by atoms with E-state index in [9.17, 15) is 0 Å². The summed E-state index contributed by atoms with van der Waals surface area (Å²) in [7, 11) is 0. The van der Waals surface area contributed by atoms with Gasteiger partial charge in [0.15, 0.2) is 17.5 Å². The molecule has 0 aliphatic heterocycles. The molecule has 9 rings (SSSR count). The number of hydrogen-bond donors (Lipinski definition) is 0. The molecule has 0 saturated carbocycles. The van der Waals surface area contributed by atoms with Gasteiger partial charge in [0, 0.05) is 45.4 Å². The highest BCUT2D eigenvalue weighted by atomic mass is 16.3. The minimum absolute atomic E-state index is 0.587. The number of hydrogen-bond acceptors (Lipinski definition) is 5. The second-order valence-corrected chi connectivity index (χ2v) is 11.2. The van der Waals surface area contributed by atoms with Crippen LogP contribution in [0, 0.1) is 0 Å². The summed E-state index contributed by atoms with van der Waals surface area (Å²) in [6.45, 7) is 0. The first-order chi connectivity index (χ1) is 22.7. The molecule has 0 fully saturated rings. The summed E-state index contributed by atoms with van der Waals surface area (Å²) < 4.78 is 8.45. The van der Waals surface area contributed by atoms with E-state index in [2.05, 4.69) is 66.7 Å². The second-order valence-electron chi connectivity index (χ2n) is 11.2. The summed E-state index contributed by atoms with van der Waals surface area (Å²) in [5, 5.41) is 2.09. The van der Waals surface area contributed by atoms with Crippen molar-refractivity contribution in [2.45, 2.75) is 0 Å². The van der Waals surface area contributed by atoms with E-state index >= 15 is 0 Å². The fourth-order valence-electron chi connectivity index (χ4n) is 5.94. The van der Waals surface area contributed by atoms with E-state index in [0.717, 1.165) is 61.1 Å². The first-order valence-corrected chi connectivity index (χ1v) is 15.1. The fourth-order valence-corrected chi connectivity index (χ4v) is 5.94. The van der Waals surface area contributed by atoms with Crippen LogP contribution in [0.5, 0.6) is 0 Å². The van der Waals surface area contributed by atoms with Crippen LogP contribution in [-0.2, 0) is 0 Å². The Balaban J connectivity index is 1.13. The van der Waals surface area contributed by atoms with Crippen molar-refractivity contribution >= 4 is 27.6 Å². The van der Waals surface area contributed by atoms with Gasteiger partial charge in [0.1, 0.15) is 16.8 Å². The van der Waals surface area contributed by atoms with Crippen molar-refractivity contribution in [3.8, 4) is 56.5 Å². The Kier molecular flexibility index (Phi) is 6.03. The Bertz CT molecular complexity index is 2480. The number of rotatable bonds is 5. The number of aromatic nitrogens is 5. The van der Waals surface area contributed by atoms with Crippen molar-refractivity contribution < 1.29 is 4.42 Å². The van der Waals surface area contributed by atoms with Crippen molar-refractivity contribution in [1.82, 2.24) is 24.3 Å². The summed E-state index contributed by atoms with van der Waals surface area (Å²) in [5.74, 6) is 1.82. The molecule has 216 valence electrons. The van der Waals surface area contributed by atoms with Gasteiger partial charge >= 0.3 is 0 Å². The molecule has 0 N–H and O–H groups in total. The predicted octanol–water partition coefficient (Wildman–Crippen LogP) is 9.75. The molecule has 0 atom stereocenters. The van der Waals surface area contributed by atoms with E-state index in [-0.39, 0.29) is 0 Å². The fraction of sp³-hybridized carbons (Fsp3) is 0. The van der Waals surface area contributed by atoms with Gasteiger partial charge in [-0.05, 0) is 47.5 Å². The summed E-state index contributed by atoms with van der Waals surface area (Å²) in [6.07, 6.45) is 4.04. The van der Waals surface area contributed by atoms with Gasteiger partial charge in [0.05, 0.1) is 5.69 Å². The largest absolute Gasteiger partial charge is 0.456 e. The van der Waals surface area contributed by atoms with Crippen molar-refractivity contribution in [1.29, 1.82) is 0 Å². The van der Waals surface area contributed by atoms with Crippen LogP contribution < -0.4 is 0 Å². The highest BCUT2D eigenvalue weighted by Gasteiger charge is 2.16. The van der Waals surface area contributed by atoms with Crippen LogP contribution in [0.25, 0.3) is 84.1 Å². The molecule has 0 bridgehead atoms. The monoisotopic (exact) mass is 591 g/mol. The molecule has 0 aliphatic carbocycles.